The van der Waals surface area contributed by atoms with Crippen molar-refractivity contribution < 1.29 is 18.3 Å². The number of carbonyl (C=O) groups is 1. The average molecular weight is 192 g/mol. The van der Waals surface area contributed by atoms with Crippen molar-refractivity contribution in [1.29, 1.82) is 0 Å². The molecule has 0 aliphatic heterocycles. The minimum absolute atomic E-state index is 0.157. The molecule has 76 valence electrons. The van der Waals surface area contributed by atoms with E-state index in [1.165, 1.54) is 6.92 Å². The Kier molecular flexibility index (Phi) is 2.59. The van der Waals surface area contributed by atoms with Crippen molar-refractivity contribution >= 4 is 5.97 Å². The van der Waals surface area contributed by atoms with Crippen LogP contribution in [0.2, 0.25) is 0 Å². The number of carbonyl (C=O) groups excluding carboxylic acids is 1. The minimum Gasteiger partial charge on any atom is -0.465 e. The summed E-state index contributed by atoms with van der Waals surface area (Å²) >= 11 is 0. The van der Waals surface area contributed by atoms with Crippen LogP contribution < -0.4 is 0 Å². The van der Waals surface area contributed by atoms with Gasteiger partial charge in [0, 0.05) is 6.42 Å². The van der Waals surface area contributed by atoms with Crippen molar-refractivity contribution in [2.45, 2.75) is 39.0 Å². The van der Waals surface area contributed by atoms with Crippen molar-refractivity contribution in [3.63, 3.8) is 0 Å². The van der Waals surface area contributed by atoms with Gasteiger partial charge in [-0.2, -0.15) is 0 Å². The van der Waals surface area contributed by atoms with Crippen LogP contribution in [0.25, 0.3) is 0 Å². The van der Waals surface area contributed by atoms with Crippen molar-refractivity contribution in [3.05, 3.63) is 0 Å². The summed E-state index contributed by atoms with van der Waals surface area (Å²) in [5.74, 6) is -3.67. The van der Waals surface area contributed by atoms with Crippen LogP contribution in [-0.2, 0) is 9.53 Å². The van der Waals surface area contributed by atoms with Crippen LogP contribution in [-0.4, -0.2) is 18.5 Å². The Morgan fingerprint density at radius 2 is 2.08 bits per heavy atom. The molecular weight excluding hydrogens is 178 g/mol. The van der Waals surface area contributed by atoms with Crippen LogP contribution in [0.4, 0.5) is 8.78 Å². The molecule has 0 radical (unpaired) electrons. The van der Waals surface area contributed by atoms with Gasteiger partial charge in [-0.1, -0.05) is 0 Å². The fourth-order valence-corrected chi connectivity index (χ4v) is 1.66. The molecule has 0 aromatic carbocycles. The Bertz CT molecular complexity index is 216. The van der Waals surface area contributed by atoms with Gasteiger partial charge in [0.25, 0.3) is 5.92 Å². The van der Waals surface area contributed by atoms with Gasteiger partial charge in [-0.3, -0.25) is 4.79 Å². The van der Waals surface area contributed by atoms with Crippen LogP contribution in [0.1, 0.15) is 33.1 Å². The molecule has 0 aromatic rings. The largest absolute Gasteiger partial charge is 0.465 e. The van der Waals surface area contributed by atoms with E-state index < -0.39 is 17.3 Å². The molecule has 1 rings (SSSR count). The molecule has 0 bridgehead atoms. The molecule has 1 unspecified atom stereocenters. The number of esters is 1. The molecular formula is C9H14F2O2. The van der Waals surface area contributed by atoms with Crippen LogP contribution in [0.15, 0.2) is 0 Å². The Hall–Kier alpha value is -0.670. The number of rotatable bonds is 2. The summed E-state index contributed by atoms with van der Waals surface area (Å²) in [5.41, 5.74) is -1.59. The second kappa shape index (κ2) is 3.24. The van der Waals surface area contributed by atoms with Gasteiger partial charge < -0.3 is 4.74 Å². The summed E-state index contributed by atoms with van der Waals surface area (Å²) in [6.07, 6.45) is 0.406. The first-order valence-corrected chi connectivity index (χ1v) is 4.49. The molecule has 1 saturated carbocycles. The van der Waals surface area contributed by atoms with Gasteiger partial charge in [0.05, 0.1) is 6.61 Å². The summed E-state index contributed by atoms with van der Waals surface area (Å²) in [6.45, 7) is 3.07. The standard InChI is InChI=1S/C9H14F2O2/c1-3-13-7(12)8(2)5-4-6-9(8,10)11/h3-6H2,1-2H3. The van der Waals surface area contributed by atoms with Crippen molar-refractivity contribution in [2.24, 2.45) is 5.41 Å². The highest BCUT2D eigenvalue weighted by atomic mass is 19.3. The van der Waals surface area contributed by atoms with Crippen LogP contribution in [0, 0.1) is 5.41 Å². The minimum atomic E-state index is -2.90. The van der Waals surface area contributed by atoms with Crippen LogP contribution in [0.5, 0.6) is 0 Å². The molecule has 1 atom stereocenters. The summed E-state index contributed by atoms with van der Waals surface area (Å²) in [6, 6.07) is 0. The molecule has 1 fully saturated rings. The lowest BCUT2D eigenvalue weighted by molar-refractivity contribution is -0.175. The molecule has 0 N–H and O–H groups in total. The Morgan fingerprint density at radius 1 is 1.46 bits per heavy atom. The van der Waals surface area contributed by atoms with E-state index in [1.807, 2.05) is 0 Å². The van der Waals surface area contributed by atoms with Crippen molar-refractivity contribution in [3.8, 4) is 0 Å². The maximum atomic E-state index is 13.3. The van der Waals surface area contributed by atoms with Gasteiger partial charge in [0.15, 0.2) is 0 Å². The van der Waals surface area contributed by atoms with Gasteiger partial charge in [0.1, 0.15) is 5.41 Å². The lowest BCUT2D eigenvalue weighted by Crippen LogP contribution is -2.41. The molecule has 0 spiro atoms. The van der Waals surface area contributed by atoms with Crippen LogP contribution >= 0.6 is 0 Å². The van der Waals surface area contributed by atoms with Gasteiger partial charge in [-0.15, -0.1) is 0 Å². The molecule has 13 heavy (non-hydrogen) atoms. The number of hydrogen-bond acceptors (Lipinski definition) is 2. The molecule has 4 heteroatoms. The maximum absolute atomic E-state index is 13.3. The summed E-state index contributed by atoms with van der Waals surface area (Å²) in [5, 5.41) is 0. The second-order valence-corrected chi connectivity index (χ2v) is 3.61. The zero-order valence-corrected chi connectivity index (χ0v) is 7.90. The van der Waals surface area contributed by atoms with E-state index in [2.05, 4.69) is 4.74 Å². The number of ether oxygens (including phenoxy) is 1. The average Bonchev–Trinajstić information content (AvgIpc) is 2.28. The Labute approximate surface area is 76.3 Å². The van der Waals surface area contributed by atoms with E-state index in [-0.39, 0.29) is 19.4 Å². The number of halogens is 2. The lowest BCUT2D eigenvalue weighted by Gasteiger charge is -2.28. The van der Waals surface area contributed by atoms with E-state index in [0.29, 0.717) is 6.42 Å². The number of alkyl halides is 2. The predicted molar refractivity (Wildman–Crippen MR) is 43.5 cm³/mol. The highest BCUT2D eigenvalue weighted by molar-refractivity contribution is 5.78. The SMILES string of the molecule is CCOC(=O)C1(C)CCCC1(F)F. The summed E-state index contributed by atoms with van der Waals surface area (Å²) in [4.78, 5) is 11.3. The molecule has 1 aliphatic carbocycles. The highest BCUT2D eigenvalue weighted by Crippen LogP contribution is 2.50. The fraction of sp³-hybridized carbons (Fsp3) is 0.889. The zero-order chi connectivity index (χ0) is 10.1. The quantitative estimate of drug-likeness (QED) is 0.628. The normalized spacial score (nSPS) is 31.7. The number of hydrogen-bond donors (Lipinski definition) is 0. The smallest absolute Gasteiger partial charge is 0.317 e. The van der Waals surface area contributed by atoms with Crippen molar-refractivity contribution in [2.75, 3.05) is 6.61 Å². The van der Waals surface area contributed by atoms with Gasteiger partial charge in [0.2, 0.25) is 0 Å². The predicted octanol–water partition coefficient (Wildman–Crippen LogP) is 2.38. The zero-order valence-electron chi connectivity index (χ0n) is 7.90. The molecule has 1 aliphatic rings. The third kappa shape index (κ3) is 1.54. The Balaban J connectivity index is 2.80. The molecule has 0 amide bonds. The first kappa shape index (κ1) is 10.4. The van der Waals surface area contributed by atoms with Gasteiger partial charge >= 0.3 is 5.97 Å². The van der Waals surface area contributed by atoms with E-state index >= 15 is 0 Å². The summed E-state index contributed by atoms with van der Waals surface area (Å²) in [7, 11) is 0. The highest BCUT2D eigenvalue weighted by Gasteiger charge is 2.59. The van der Waals surface area contributed by atoms with E-state index in [1.54, 1.807) is 6.92 Å². The molecule has 2 nitrogen and oxygen atoms in total. The topological polar surface area (TPSA) is 26.3 Å². The molecule has 0 saturated heterocycles. The summed E-state index contributed by atoms with van der Waals surface area (Å²) < 4.78 is 31.2. The van der Waals surface area contributed by atoms with Crippen molar-refractivity contribution in [1.82, 2.24) is 0 Å². The maximum Gasteiger partial charge on any atom is 0.317 e. The van der Waals surface area contributed by atoms with E-state index in [0.717, 1.165) is 0 Å². The second-order valence-electron chi connectivity index (χ2n) is 3.61. The first-order valence-electron chi connectivity index (χ1n) is 4.49. The fourth-order valence-electron chi connectivity index (χ4n) is 1.66. The monoisotopic (exact) mass is 192 g/mol. The first-order chi connectivity index (χ1) is 5.94. The van der Waals surface area contributed by atoms with Crippen LogP contribution in [0.3, 0.4) is 0 Å². The molecule has 0 aromatic heterocycles. The van der Waals surface area contributed by atoms with Gasteiger partial charge in [-0.25, -0.2) is 8.78 Å². The van der Waals surface area contributed by atoms with E-state index in [9.17, 15) is 13.6 Å². The third-order valence-corrected chi connectivity index (χ3v) is 2.70. The molecule has 0 heterocycles. The lowest BCUT2D eigenvalue weighted by atomic mass is 9.86. The third-order valence-electron chi connectivity index (χ3n) is 2.70. The van der Waals surface area contributed by atoms with E-state index in [4.69, 9.17) is 0 Å². The van der Waals surface area contributed by atoms with Gasteiger partial charge in [-0.05, 0) is 26.7 Å². The Morgan fingerprint density at radius 3 is 2.46 bits per heavy atom.